The number of pyridine rings is 1. The Morgan fingerprint density at radius 2 is 1.81 bits per heavy atom. The number of hydrogen-bond acceptors (Lipinski definition) is 3. The maximum atomic E-state index is 12.3. The molecule has 0 radical (unpaired) electrons. The summed E-state index contributed by atoms with van der Waals surface area (Å²) in [5.74, 6) is 0. The summed E-state index contributed by atoms with van der Waals surface area (Å²) in [5.41, 5.74) is 4.01. The first-order valence-electron chi connectivity index (χ1n) is 6.73. The van der Waals surface area contributed by atoms with Gasteiger partial charge < -0.3 is 0 Å². The van der Waals surface area contributed by atoms with Crippen molar-refractivity contribution in [2.75, 3.05) is 24.9 Å². The quantitative estimate of drug-likeness (QED) is 0.870. The first kappa shape index (κ1) is 14.0. The van der Waals surface area contributed by atoms with Crippen LogP contribution in [0.4, 0.5) is 5.69 Å². The molecule has 0 bridgehead atoms. The molecule has 0 saturated heterocycles. The van der Waals surface area contributed by atoms with E-state index >= 15 is 0 Å². The Hall–Kier alpha value is -1.92. The van der Waals surface area contributed by atoms with Gasteiger partial charge in [0.05, 0.1) is 5.69 Å². The van der Waals surface area contributed by atoms with Crippen molar-refractivity contribution in [3.63, 3.8) is 0 Å². The van der Waals surface area contributed by atoms with Crippen LogP contribution in [0, 0.1) is 0 Å². The van der Waals surface area contributed by atoms with Gasteiger partial charge >= 0.3 is 10.2 Å². The lowest BCUT2D eigenvalue weighted by Gasteiger charge is -2.23. The number of rotatable bonds is 3. The van der Waals surface area contributed by atoms with E-state index in [2.05, 4.69) is 11.1 Å². The van der Waals surface area contributed by atoms with Gasteiger partial charge in [-0.15, -0.1) is 0 Å². The molecule has 5 nitrogen and oxygen atoms in total. The molecular weight excluding hydrogens is 286 g/mol. The minimum absolute atomic E-state index is 0.496. The van der Waals surface area contributed by atoms with Gasteiger partial charge in [0, 0.05) is 33.0 Å². The number of anilines is 1. The summed E-state index contributed by atoms with van der Waals surface area (Å²) in [7, 11) is -0.302. The van der Waals surface area contributed by atoms with Gasteiger partial charge in [-0.25, -0.2) is 0 Å². The van der Waals surface area contributed by atoms with E-state index in [4.69, 9.17) is 0 Å². The van der Waals surface area contributed by atoms with Crippen LogP contribution in [0.1, 0.15) is 5.56 Å². The number of nitrogens with zero attached hydrogens (tertiary/aromatic N) is 3. The highest BCUT2D eigenvalue weighted by Crippen LogP contribution is 2.34. The third-order valence-corrected chi connectivity index (χ3v) is 5.55. The van der Waals surface area contributed by atoms with Crippen molar-refractivity contribution >= 4 is 15.9 Å². The van der Waals surface area contributed by atoms with Crippen LogP contribution in [0.5, 0.6) is 0 Å². The summed E-state index contributed by atoms with van der Waals surface area (Å²) in [4.78, 5) is 4.01. The summed E-state index contributed by atoms with van der Waals surface area (Å²) < 4.78 is 27.3. The number of hydrogen-bond donors (Lipinski definition) is 0. The minimum Gasteiger partial charge on any atom is -0.265 e. The normalized spacial score (nSPS) is 14.5. The average molecular weight is 303 g/mol. The highest BCUT2D eigenvalue weighted by Gasteiger charge is 2.31. The van der Waals surface area contributed by atoms with Crippen LogP contribution in [-0.2, 0) is 16.6 Å². The fourth-order valence-corrected chi connectivity index (χ4v) is 3.68. The smallest absolute Gasteiger partial charge is 0.265 e. The second kappa shape index (κ2) is 5.13. The standard InChI is InChI=1S/C15H17N3O2S/c1-17(2)21(19,20)18-10-7-14-11-13(3-4-15(14)18)12-5-8-16-9-6-12/h3-6,8-9,11H,7,10H2,1-2H3. The van der Waals surface area contributed by atoms with E-state index in [1.54, 1.807) is 26.5 Å². The molecule has 0 aliphatic carbocycles. The lowest BCUT2D eigenvalue weighted by atomic mass is 10.0. The van der Waals surface area contributed by atoms with Crippen molar-refractivity contribution in [1.82, 2.24) is 9.29 Å². The molecular formula is C15H17N3O2S. The van der Waals surface area contributed by atoms with Crippen molar-refractivity contribution in [2.24, 2.45) is 0 Å². The molecule has 1 aliphatic rings. The number of aromatic nitrogens is 1. The predicted octanol–water partition coefficient (Wildman–Crippen LogP) is 1.92. The molecule has 0 atom stereocenters. The van der Waals surface area contributed by atoms with Gasteiger partial charge in [0.15, 0.2) is 0 Å². The van der Waals surface area contributed by atoms with Gasteiger partial charge in [-0.2, -0.15) is 12.7 Å². The van der Waals surface area contributed by atoms with Gasteiger partial charge in [0.25, 0.3) is 0 Å². The van der Waals surface area contributed by atoms with Crippen LogP contribution in [0.3, 0.4) is 0 Å². The second-order valence-electron chi connectivity index (χ2n) is 5.19. The molecule has 0 amide bonds. The van der Waals surface area contributed by atoms with E-state index in [-0.39, 0.29) is 0 Å². The van der Waals surface area contributed by atoms with E-state index in [1.165, 1.54) is 8.61 Å². The average Bonchev–Trinajstić information content (AvgIpc) is 2.91. The zero-order chi connectivity index (χ0) is 15.0. The fraction of sp³-hybridized carbons (Fsp3) is 0.267. The Labute approximate surface area is 125 Å². The molecule has 21 heavy (non-hydrogen) atoms. The highest BCUT2D eigenvalue weighted by molar-refractivity contribution is 7.90. The molecule has 0 N–H and O–H groups in total. The first-order chi connectivity index (χ1) is 10.00. The molecule has 1 aromatic heterocycles. The van der Waals surface area contributed by atoms with Crippen molar-refractivity contribution in [3.05, 3.63) is 48.3 Å². The second-order valence-corrected chi connectivity index (χ2v) is 7.26. The first-order valence-corrected chi connectivity index (χ1v) is 8.13. The Balaban J connectivity index is 2.00. The zero-order valence-corrected chi connectivity index (χ0v) is 12.8. The summed E-state index contributed by atoms with van der Waals surface area (Å²) in [6.45, 7) is 0.496. The zero-order valence-electron chi connectivity index (χ0n) is 12.0. The molecule has 2 aromatic rings. The van der Waals surface area contributed by atoms with E-state index in [9.17, 15) is 8.42 Å². The number of fused-ring (bicyclic) bond motifs is 1. The van der Waals surface area contributed by atoms with Crippen LogP contribution in [0.25, 0.3) is 11.1 Å². The Morgan fingerprint density at radius 3 is 2.48 bits per heavy atom. The molecule has 0 saturated carbocycles. The predicted molar refractivity (Wildman–Crippen MR) is 83.3 cm³/mol. The third-order valence-electron chi connectivity index (χ3n) is 3.69. The van der Waals surface area contributed by atoms with Gasteiger partial charge in [-0.1, -0.05) is 6.07 Å². The van der Waals surface area contributed by atoms with Crippen LogP contribution < -0.4 is 4.31 Å². The van der Waals surface area contributed by atoms with Gasteiger partial charge in [-0.05, 0) is 47.4 Å². The molecule has 6 heteroatoms. The minimum atomic E-state index is -3.41. The molecule has 0 spiro atoms. The van der Waals surface area contributed by atoms with E-state index < -0.39 is 10.2 Å². The van der Waals surface area contributed by atoms with Gasteiger partial charge in [-0.3, -0.25) is 9.29 Å². The van der Waals surface area contributed by atoms with Crippen molar-refractivity contribution in [1.29, 1.82) is 0 Å². The van der Waals surface area contributed by atoms with Gasteiger partial charge in [0.1, 0.15) is 0 Å². The lowest BCUT2D eigenvalue weighted by Crippen LogP contribution is -2.38. The van der Waals surface area contributed by atoms with Gasteiger partial charge in [0.2, 0.25) is 0 Å². The van der Waals surface area contributed by atoms with E-state index in [1.807, 2.05) is 24.3 Å². The Morgan fingerprint density at radius 1 is 1.10 bits per heavy atom. The largest absolute Gasteiger partial charge is 0.303 e. The molecule has 1 aliphatic heterocycles. The van der Waals surface area contributed by atoms with E-state index in [0.717, 1.165) is 28.8 Å². The topological polar surface area (TPSA) is 53.5 Å². The lowest BCUT2D eigenvalue weighted by molar-refractivity contribution is 0.517. The van der Waals surface area contributed by atoms with Crippen molar-refractivity contribution < 1.29 is 8.42 Å². The van der Waals surface area contributed by atoms with Crippen LogP contribution in [0.2, 0.25) is 0 Å². The van der Waals surface area contributed by atoms with Crippen molar-refractivity contribution in [2.45, 2.75) is 6.42 Å². The summed E-state index contributed by atoms with van der Waals surface area (Å²) in [5, 5.41) is 0. The molecule has 1 aromatic carbocycles. The van der Waals surface area contributed by atoms with E-state index in [0.29, 0.717) is 6.54 Å². The molecule has 0 fully saturated rings. The highest BCUT2D eigenvalue weighted by atomic mass is 32.2. The fourth-order valence-electron chi connectivity index (χ4n) is 2.53. The SMILES string of the molecule is CN(C)S(=O)(=O)N1CCc2cc(-c3ccncc3)ccc21. The molecule has 0 unspecified atom stereocenters. The number of benzene rings is 1. The summed E-state index contributed by atoms with van der Waals surface area (Å²) in [6.07, 6.45) is 4.25. The summed E-state index contributed by atoms with van der Waals surface area (Å²) >= 11 is 0. The van der Waals surface area contributed by atoms with Crippen LogP contribution >= 0.6 is 0 Å². The van der Waals surface area contributed by atoms with Crippen LogP contribution in [0.15, 0.2) is 42.7 Å². The summed E-state index contributed by atoms with van der Waals surface area (Å²) in [6, 6.07) is 9.81. The molecule has 110 valence electrons. The maximum absolute atomic E-state index is 12.3. The van der Waals surface area contributed by atoms with Crippen molar-refractivity contribution in [3.8, 4) is 11.1 Å². The Kier molecular flexibility index (Phi) is 3.43. The molecule has 3 rings (SSSR count). The Bertz CT molecular complexity index is 758. The monoisotopic (exact) mass is 303 g/mol. The van der Waals surface area contributed by atoms with Crippen LogP contribution in [-0.4, -0.2) is 38.3 Å². The maximum Gasteiger partial charge on any atom is 0.303 e. The third kappa shape index (κ3) is 2.41. The molecule has 2 heterocycles.